The summed E-state index contributed by atoms with van der Waals surface area (Å²) in [5.74, 6) is -0.434. The normalized spacial score (nSPS) is 11.7. The van der Waals surface area contributed by atoms with Crippen LogP contribution >= 0.6 is 11.3 Å². The van der Waals surface area contributed by atoms with Gasteiger partial charge >= 0.3 is 6.18 Å². The van der Waals surface area contributed by atoms with Crippen LogP contribution in [0.1, 0.15) is 21.6 Å². The van der Waals surface area contributed by atoms with E-state index in [0.717, 1.165) is 23.5 Å². The largest absolute Gasteiger partial charge is 0.416 e. The van der Waals surface area contributed by atoms with Gasteiger partial charge in [0.05, 0.1) is 17.0 Å². The van der Waals surface area contributed by atoms with Gasteiger partial charge in [-0.1, -0.05) is 12.1 Å². The van der Waals surface area contributed by atoms with Crippen molar-refractivity contribution in [2.45, 2.75) is 13.1 Å². The lowest BCUT2D eigenvalue weighted by Gasteiger charge is -2.07. The van der Waals surface area contributed by atoms with Gasteiger partial charge in [0.2, 0.25) is 0 Å². The van der Waals surface area contributed by atoms with Crippen molar-refractivity contribution < 1.29 is 18.0 Å². The summed E-state index contributed by atoms with van der Waals surface area (Å²) < 4.78 is 40.2. The number of benzene rings is 1. The third kappa shape index (κ3) is 3.33. The Bertz CT molecular complexity index is 1180. The molecule has 0 radical (unpaired) electrons. The minimum atomic E-state index is -4.43. The highest BCUT2D eigenvalue weighted by Gasteiger charge is 2.30. The minimum Gasteiger partial charge on any atom is -0.298 e. The second kappa shape index (κ2) is 6.71. The number of amides is 1. The number of nitrogens with one attached hydrogen (secondary N) is 1. The number of hydrogen-bond acceptors (Lipinski definition) is 5. The summed E-state index contributed by atoms with van der Waals surface area (Å²) in [6.07, 6.45) is -1.19. The fourth-order valence-corrected chi connectivity index (χ4v) is 3.46. The predicted octanol–water partition coefficient (Wildman–Crippen LogP) is 4.43. The Labute approximate surface area is 160 Å². The van der Waals surface area contributed by atoms with Gasteiger partial charge in [-0.3, -0.25) is 10.1 Å². The number of aromatic nitrogens is 4. The van der Waals surface area contributed by atoms with Gasteiger partial charge in [-0.15, -0.1) is 11.3 Å². The van der Waals surface area contributed by atoms with Crippen LogP contribution < -0.4 is 5.32 Å². The lowest BCUT2D eigenvalue weighted by molar-refractivity contribution is -0.137. The highest BCUT2D eigenvalue weighted by molar-refractivity contribution is 7.14. The molecule has 3 heterocycles. The maximum atomic E-state index is 12.9. The van der Waals surface area contributed by atoms with Crippen molar-refractivity contribution in [3.8, 4) is 11.3 Å². The zero-order valence-corrected chi connectivity index (χ0v) is 15.2. The molecule has 0 bridgehead atoms. The monoisotopic (exact) mass is 403 g/mol. The van der Waals surface area contributed by atoms with Crippen LogP contribution in [0.15, 0.2) is 48.1 Å². The van der Waals surface area contributed by atoms with Crippen LogP contribution in [0.4, 0.5) is 18.3 Å². The molecule has 0 fully saturated rings. The van der Waals surface area contributed by atoms with Crippen molar-refractivity contribution in [3.05, 3.63) is 64.9 Å². The maximum Gasteiger partial charge on any atom is 0.416 e. The van der Waals surface area contributed by atoms with Crippen LogP contribution in [-0.4, -0.2) is 25.5 Å². The highest BCUT2D eigenvalue weighted by atomic mass is 32.1. The van der Waals surface area contributed by atoms with E-state index < -0.39 is 17.6 Å². The Balaban J connectivity index is 1.60. The first-order valence-corrected chi connectivity index (χ1v) is 8.95. The Morgan fingerprint density at radius 2 is 2.07 bits per heavy atom. The molecule has 0 saturated carbocycles. The van der Waals surface area contributed by atoms with Crippen LogP contribution in [0.5, 0.6) is 0 Å². The van der Waals surface area contributed by atoms with Crippen LogP contribution in [0.25, 0.3) is 16.9 Å². The zero-order chi connectivity index (χ0) is 19.9. The number of aryl methyl sites for hydroxylation is 1. The molecular formula is C18H12F3N5OS. The number of alkyl halides is 3. The number of thiazole rings is 1. The molecule has 3 aromatic heterocycles. The first kappa shape index (κ1) is 18.1. The molecular weight excluding hydrogens is 391 g/mol. The maximum absolute atomic E-state index is 12.9. The van der Waals surface area contributed by atoms with Gasteiger partial charge in [0.1, 0.15) is 5.56 Å². The number of halogens is 3. The number of anilines is 1. The SMILES string of the molecule is Cc1nn2cccnc2c1C(=O)Nc1nc(-c2cccc(C(F)(F)F)c2)cs1. The van der Waals surface area contributed by atoms with Crippen molar-refractivity contribution in [2.75, 3.05) is 5.32 Å². The Morgan fingerprint density at radius 3 is 2.86 bits per heavy atom. The lowest BCUT2D eigenvalue weighted by atomic mass is 10.1. The smallest absolute Gasteiger partial charge is 0.298 e. The standard InChI is InChI=1S/C18H12F3N5OS/c1-10-14(15-22-6-3-7-26(15)25-10)16(27)24-17-23-13(9-28-17)11-4-2-5-12(8-11)18(19,20)21/h2-9H,1H3,(H,23,24,27). The van der Waals surface area contributed by atoms with Gasteiger partial charge in [-0.05, 0) is 25.1 Å². The lowest BCUT2D eigenvalue weighted by Crippen LogP contribution is -2.13. The van der Waals surface area contributed by atoms with E-state index in [2.05, 4.69) is 20.4 Å². The van der Waals surface area contributed by atoms with Crippen molar-refractivity contribution in [2.24, 2.45) is 0 Å². The summed E-state index contributed by atoms with van der Waals surface area (Å²) in [5, 5.41) is 8.76. The van der Waals surface area contributed by atoms with Crippen molar-refractivity contribution >= 4 is 28.0 Å². The number of rotatable bonds is 3. The molecule has 4 aromatic rings. The van der Waals surface area contributed by atoms with E-state index in [4.69, 9.17) is 0 Å². The summed E-state index contributed by atoms with van der Waals surface area (Å²) in [4.78, 5) is 21.1. The molecule has 0 spiro atoms. The van der Waals surface area contributed by atoms with Gasteiger partial charge in [0.25, 0.3) is 5.91 Å². The molecule has 1 N–H and O–H groups in total. The Hall–Kier alpha value is -3.27. The van der Waals surface area contributed by atoms with E-state index in [0.29, 0.717) is 28.2 Å². The average Bonchev–Trinajstić information content (AvgIpc) is 3.24. The number of carbonyl (C=O) groups excluding carboxylic acids is 1. The fourth-order valence-electron chi connectivity index (χ4n) is 2.74. The van der Waals surface area contributed by atoms with Crippen molar-refractivity contribution in [3.63, 3.8) is 0 Å². The molecule has 1 amide bonds. The van der Waals surface area contributed by atoms with Crippen molar-refractivity contribution in [1.29, 1.82) is 0 Å². The summed E-state index contributed by atoms with van der Waals surface area (Å²) in [5.41, 5.74) is 1.15. The molecule has 0 aliphatic rings. The van der Waals surface area contributed by atoms with Crippen LogP contribution in [0.3, 0.4) is 0 Å². The summed E-state index contributed by atoms with van der Waals surface area (Å²) in [6, 6.07) is 6.59. The zero-order valence-electron chi connectivity index (χ0n) is 14.4. The van der Waals surface area contributed by atoms with Crippen LogP contribution in [0, 0.1) is 6.92 Å². The Kier molecular flexibility index (Phi) is 4.34. The minimum absolute atomic E-state index is 0.270. The first-order valence-electron chi connectivity index (χ1n) is 8.07. The molecule has 28 heavy (non-hydrogen) atoms. The quantitative estimate of drug-likeness (QED) is 0.549. The third-order valence-electron chi connectivity index (χ3n) is 4.01. The molecule has 0 aliphatic carbocycles. The molecule has 0 unspecified atom stereocenters. The number of hydrogen-bond donors (Lipinski definition) is 1. The van der Waals surface area contributed by atoms with Gasteiger partial charge in [0, 0.05) is 23.3 Å². The van der Waals surface area contributed by atoms with Gasteiger partial charge in [-0.25, -0.2) is 14.5 Å². The molecule has 10 heteroatoms. The van der Waals surface area contributed by atoms with Gasteiger partial charge < -0.3 is 0 Å². The topological polar surface area (TPSA) is 72.2 Å². The molecule has 0 saturated heterocycles. The van der Waals surface area contributed by atoms with Crippen LogP contribution in [0.2, 0.25) is 0 Å². The van der Waals surface area contributed by atoms with E-state index >= 15 is 0 Å². The average molecular weight is 403 g/mol. The molecule has 4 rings (SSSR count). The summed E-state index contributed by atoms with van der Waals surface area (Å²) in [6.45, 7) is 1.69. The van der Waals surface area contributed by atoms with Gasteiger partial charge in [-0.2, -0.15) is 18.3 Å². The van der Waals surface area contributed by atoms with Crippen LogP contribution in [-0.2, 0) is 6.18 Å². The third-order valence-corrected chi connectivity index (χ3v) is 4.77. The highest BCUT2D eigenvalue weighted by Crippen LogP contribution is 2.33. The molecule has 142 valence electrons. The predicted molar refractivity (Wildman–Crippen MR) is 98.2 cm³/mol. The number of fused-ring (bicyclic) bond motifs is 1. The fraction of sp³-hybridized carbons (Fsp3) is 0.111. The molecule has 1 aromatic carbocycles. The van der Waals surface area contributed by atoms with E-state index in [9.17, 15) is 18.0 Å². The number of carbonyl (C=O) groups is 1. The van der Waals surface area contributed by atoms with E-state index in [1.54, 1.807) is 30.8 Å². The van der Waals surface area contributed by atoms with E-state index in [1.165, 1.54) is 16.6 Å². The molecule has 0 aliphatic heterocycles. The second-order valence-electron chi connectivity index (χ2n) is 5.92. The summed E-state index contributed by atoms with van der Waals surface area (Å²) >= 11 is 1.12. The first-order chi connectivity index (χ1) is 13.3. The van der Waals surface area contributed by atoms with Crippen molar-refractivity contribution in [1.82, 2.24) is 19.6 Å². The molecule has 0 atom stereocenters. The van der Waals surface area contributed by atoms with E-state index in [-0.39, 0.29) is 5.13 Å². The molecule has 6 nitrogen and oxygen atoms in total. The van der Waals surface area contributed by atoms with Gasteiger partial charge in [0.15, 0.2) is 10.8 Å². The van der Waals surface area contributed by atoms with E-state index in [1.807, 2.05) is 0 Å². The second-order valence-corrected chi connectivity index (χ2v) is 6.78. The number of nitrogens with zero attached hydrogens (tertiary/aromatic N) is 4. The summed E-state index contributed by atoms with van der Waals surface area (Å²) in [7, 11) is 0. The Morgan fingerprint density at radius 1 is 1.25 bits per heavy atom.